The summed E-state index contributed by atoms with van der Waals surface area (Å²) in [5.74, 6) is 0. The fraction of sp³-hybridized carbons (Fsp3) is 0.474. The molecule has 0 aliphatic carbocycles. The number of aryl methyl sites for hydroxylation is 1. The van der Waals surface area contributed by atoms with Crippen LogP contribution in [0.5, 0.6) is 0 Å². The first-order valence-corrected chi connectivity index (χ1v) is 9.96. The van der Waals surface area contributed by atoms with Crippen molar-refractivity contribution in [2.45, 2.75) is 63.2 Å². The van der Waals surface area contributed by atoms with E-state index in [9.17, 15) is 13.0 Å². The van der Waals surface area contributed by atoms with Gasteiger partial charge in [-0.15, -0.1) is 0 Å². The first-order chi connectivity index (χ1) is 11.0. The van der Waals surface area contributed by atoms with Crippen molar-refractivity contribution < 1.29 is 15.8 Å². The van der Waals surface area contributed by atoms with Crippen LogP contribution >= 0.6 is 0 Å². The normalized spacial score (nSPS) is 11.4. The van der Waals surface area contributed by atoms with Gasteiger partial charge >= 0.3 is 48.9 Å². The Morgan fingerprint density at radius 1 is 0.917 bits per heavy atom. The topological polar surface area (TPSA) is 54.4 Å². The van der Waals surface area contributed by atoms with E-state index in [4.69, 9.17) is 0 Å². The summed E-state index contributed by atoms with van der Waals surface area (Å²) >= 11 is 0. The summed E-state index contributed by atoms with van der Waals surface area (Å²) in [6.07, 6.45) is 8.99. The molecule has 0 heterocycles. The standard InChI is InChI=1S/C19H26O3S.Ba.2H/c1-2-3-4-5-6-7-8-12-17-15-14-16-11-9-10-13-18(16)19(17)23(20,21)22;;;/h9-11,13-15H,2-8,12H2,1H3,(H,20,21,22);;;/q;+2;2*-1. The van der Waals surface area contributed by atoms with Crippen molar-refractivity contribution in [1.29, 1.82) is 0 Å². The van der Waals surface area contributed by atoms with Crippen LogP contribution in [-0.2, 0) is 16.5 Å². The second-order valence-electron chi connectivity index (χ2n) is 6.12. The second kappa shape index (κ2) is 11.0. The van der Waals surface area contributed by atoms with Gasteiger partial charge in [0, 0.05) is 5.39 Å². The smallest absolute Gasteiger partial charge is 1.00 e. The molecule has 1 N–H and O–H groups in total. The maximum absolute atomic E-state index is 11.8. The zero-order chi connectivity index (χ0) is 16.7. The van der Waals surface area contributed by atoms with E-state index in [1.165, 1.54) is 32.1 Å². The molecule has 0 spiro atoms. The third-order valence-corrected chi connectivity index (χ3v) is 5.27. The monoisotopic (exact) mass is 474 g/mol. The summed E-state index contributed by atoms with van der Waals surface area (Å²) in [5, 5.41) is 1.44. The number of hydrogen-bond acceptors (Lipinski definition) is 2. The summed E-state index contributed by atoms with van der Waals surface area (Å²) in [5.41, 5.74) is 0.722. The molecule has 0 saturated carbocycles. The van der Waals surface area contributed by atoms with Gasteiger partial charge in [-0.2, -0.15) is 8.42 Å². The van der Waals surface area contributed by atoms with E-state index in [1.54, 1.807) is 12.1 Å². The average molecular weight is 474 g/mol. The minimum Gasteiger partial charge on any atom is -1.00 e. The van der Waals surface area contributed by atoms with Crippen molar-refractivity contribution in [3.63, 3.8) is 0 Å². The van der Waals surface area contributed by atoms with Crippen LogP contribution in [0.1, 0.15) is 60.3 Å². The fourth-order valence-corrected chi connectivity index (χ4v) is 4.03. The third-order valence-electron chi connectivity index (χ3n) is 4.27. The van der Waals surface area contributed by atoms with Crippen molar-refractivity contribution in [3.8, 4) is 0 Å². The number of benzene rings is 2. The van der Waals surface area contributed by atoms with Gasteiger partial charge in [0.05, 0.1) is 0 Å². The first kappa shape index (κ1) is 22.2. The van der Waals surface area contributed by atoms with Crippen LogP contribution < -0.4 is 0 Å². The van der Waals surface area contributed by atoms with E-state index in [1.807, 2.05) is 24.3 Å². The molecular formula is C19H28BaO3S. The van der Waals surface area contributed by atoms with Gasteiger partial charge in [-0.1, -0.05) is 81.8 Å². The van der Waals surface area contributed by atoms with E-state index in [2.05, 4.69) is 6.92 Å². The average Bonchev–Trinajstić information content (AvgIpc) is 2.52. The fourth-order valence-electron chi connectivity index (χ4n) is 3.06. The summed E-state index contributed by atoms with van der Waals surface area (Å²) in [6.45, 7) is 2.20. The molecule has 0 amide bonds. The molecule has 24 heavy (non-hydrogen) atoms. The van der Waals surface area contributed by atoms with Crippen LogP contribution in [0.3, 0.4) is 0 Å². The molecule has 2 aromatic rings. The van der Waals surface area contributed by atoms with Crippen molar-refractivity contribution in [2.75, 3.05) is 0 Å². The van der Waals surface area contributed by atoms with Crippen LogP contribution in [0.4, 0.5) is 0 Å². The van der Waals surface area contributed by atoms with Crippen LogP contribution in [0.2, 0.25) is 0 Å². The Labute approximate surface area is 189 Å². The Bertz CT molecular complexity index is 752. The van der Waals surface area contributed by atoms with Gasteiger partial charge in [-0.3, -0.25) is 4.55 Å². The molecule has 0 radical (unpaired) electrons. The second-order valence-corrected chi connectivity index (χ2v) is 7.48. The van der Waals surface area contributed by atoms with E-state index in [-0.39, 0.29) is 56.6 Å². The Morgan fingerprint density at radius 3 is 2.21 bits per heavy atom. The predicted octanol–water partition coefficient (Wildman–Crippen LogP) is 5.22. The number of unbranched alkanes of at least 4 members (excludes halogenated alkanes) is 6. The van der Waals surface area contributed by atoms with Crippen molar-refractivity contribution in [1.82, 2.24) is 0 Å². The van der Waals surface area contributed by atoms with E-state index < -0.39 is 10.1 Å². The Hall–Kier alpha value is 0.181. The number of hydrogen-bond donors (Lipinski definition) is 1. The Morgan fingerprint density at radius 2 is 1.54 bits per heavy atom. The molecule has 5 heteroatoms. The molecule has 2 rings (SSSR count). The number of rotatable bonds is 9. The van der Waals surface area contributed by atoms with Gasteiger partial charge in [0.2, 0.25) is 0 Å². The molecule has 130 valence electrons. The minimum atomic E-state index is -4.21. The Kier molecular flexibility index (Phi) is 10.2. The van der Waals surface area contributed by atoms with E-state index in [0.717, 1.165) is 23.8 Å². The molecule has 2 aromatic carbocycles. The van der Waals surface area contributed by atoms with Crippen LogP contribution in [0.25, 0.3) is 10.8 Å². The largest absolute Gasteiger partial charge is 2.00 e. The molecule has 0 atom stereocenters. The van der Waals surface area contributed by atoms with Gasteiger partial charge in [0.1, 0.15) is 4.90 Å². The Balaban J connectivity index is 0. The van der Waals surface area contributed by atoms with Gasteiger partial charge < -0.3 is 2.85 Å². The van der Waals surface area contributed by atoms with Crippen LogP contribution in [0.15, 0.2) is 41.3 Å². The van der Waals surface area contributed by atoms with Crippen LogP contribution in [0, 0.1) is 0 Å². The van der Waals surface area contributed by atoms with Crippen molar-refractivity contribution >= 4 is 69.8 Å². The van der Waals surface area contributed by atoms with Gasteiger partial charge in [-0.05, 0) is 23.8 Å². The zero-order valence-corrected chi connectivity index (χ0v) is 19.8. The quantitative estimate of drug-likeness (QED) is 0.308. The summed E-state index contributed by atoms with van der Waals surface area (Å²) in [6, 6.07) is 11.1. The van der Waals surface area contributed by atoms with E-state index in [0.29, 0.717) is 11.8 Å². The molecule has 3 nitrogen and oxygen atoms in total. The minimum absolute atomic E-state index is 0. The third kappa shape index (κ3) is 6.48. The SMILES string of the molecule is CCCCCCCCCc1ccc2ccccc2c1S(=O)(=O)O.[Ba+2].[H-].[H-]. The summed E-state index contributed by atoms with van der Waals surface area (Å²) < 4.78 is 33.3. The van der Waals surface area contributed by atoms with Gasteiger partial charge in [0.15, 0.2) is 0 Å². The molecule has 0 aliphatic heterocycles. The van der Waals surface area contributed by atoms with Gasteiger partial charge in [0.25, 0.3) is 10.1 Å². The zero-order valence-electron chi connectivity index (χ0n) is 16.5. The summed E-state index contributed by atoms with van der Waals surface area (Å²) in [7, 11) is -4.21. The maximum Gasteiger partial charge on any atom is 2.00 e. The van der Waals surface area contributed by atoms with Crippen LogP contribution in [-0.4, -0.2) is 61.9 Å². The van der Waals surface area contributed by atoms with Crippen molar-refractivity contribution in [2.24, 2.45) is 0 Å². The van der Waals surface area contributed by atoms with E-state index >= 15 is 0 Å². The maximum atomic E-state index is 11.8. The molecule has 0 aliphatic rings. The molecule has 0 unspecified atom stereocenters. The molecule has 0 aromatic heterocycles. The van der Waals surface area contributed by atoms with Gasteiger partial charge in [-0.25, -0.2) is 0 Å². The van der Waals surface area contributed by atoms with Crippen molar-refractivity contribution in [3.05, 3.63) is 42.0 Å². The molecule has 0 bridgehead atoms. The summed E-state index contributed by atoms with van der Waals surface area (Å²) in [4.78, 5) is 0.0848. The molecule has 0 saturated heterocycles. The predicted molar refractivity (Wildman–Crippen MR) is 103 cm³/mol. The number of fused-ring (bicyclic) bond motifs is 1. The molecule has 0 fully saturated rings. The first-order valence-electron chi connectivity index (χ1n) is 8.52. The molecular weight excluding hydrogens is 446 g/mol.